The molecule has 0 aliphatic carbocycles. The van der Waals surface area contributed by atoms with Gasteiger partial charge in [-0.1, -0.05) is 23.2 Å². The quantitative estimate of drug-likeness (QED) is 0.766. The Labute approximate surface area is 94.4 Å². The van der Waals surface area contributed by atoms with Crippen molar-refractivity contribution in [3.05, 3.63) is 33.8 Å². The van der Waals surface area contributed by atoms with Crippen molar-refractivity contribution >= 4 is 23.2 Å². The van der Waals surface area contributed by atoms with Crippen molar-refractivity contribution in [3.63, 3.8) is 0 Å². The summed E-state index contributed by atoms with van der Waals surface area (Å²) in [6.07, 6.45) is 0.970. The minimum absolute atomic E-state index is 0.705. The minimum Gasteiger partial charge on any atom is -0.330 e. The number of halogens is 2. The molecule has 1 aromatic rings. The highest BCUT2D eigenvalue weighted by Crippen LogP contribution is 2.20. The van der Waals surface area contributed by atoms with Crippen LogP contribution < -0.4 is 11.1 Å². The first-order valence-corrected chi connectivity index (χ1v) is 5.34. The molecule has 0 saturated heterocycles. The molecule has 0 saturated carbocycles. The van der Waals surface area contributed by atoms with Gasteiger partial charge in [0.15, 0.2) is 0 Å². The van der Waals surface area contributed by atoms with Crippen molar-refractivity contribution in [2.75, 3.05) is 13.1 Å². The van der Waals surface area contributed by atoms with Gasteiger partial charge in [0.05, 0.1) is 0 Å². The predicted octanol–water partition coefficient (Wildman–Crippen LogP) is 2.43. The summed E-state index contributed by atoms with van der Waals surface area (Å²) in [5.74, 6) is 0. The van der Waals surface area contributed by atoms with Crippen molar-refractivity contribution in [2.45, 2.75) is 13.0 Å². The molecule has 2 nitrogen and oxygen atoms in total. The first-order valence-electron chi connectivity index (χ1n) is 4.58. The molecule has 4 heteroatoms. The Balaban J connectivity index is 2.45. The Morgan fingerprint density at radius 3 is 2.79 bits per heavy atom. The number of nitrogens with two attached hydrogens (primary N) is 1. The Morgan fingerprint density at radius 2 is 2.07 bits per heavy atom. The number of hydrogen-bond acceptors (Lipinski definition) is 2. The first-order chi connectivity index (χ1) is 6.74. The van der Waals surface area contributed by atoms with Crippen LogP contribution in [-0.4, -0.2) is 13.1 Å². The van der Waals surface area contributed by atoms with E-state index in [1.165, 1.54) is 0 Å². The van der Waals surface area contributed by atoms with Crippen molar-refractivity contribution < 1.29 is 0 Å². The van der Waals surface area contributed by atoms with Crippen LogP contribution in [0.25, 0.3) is 0 Å². The molecule has 0 aromatic heterocycles. The summed E-state index contributed by atoms with van der Waals surface area (Å²) in [4.78, 5) is 0. The van der Waals surface area contributed by atoms with Gasteiger partial charge >= 0.3 is 0 Å². The molecule has 1 aromatic carbocycles. The van der Waals surface area contributed by atoms with Gasteiger partial charge in [-0.15, -0.1) is 0 Å². The summed E-state index contributed by atoms with van der Waals surface area (Å²) >= 11 is 11.8. The molecule has 0 spiro atoms. The molecule has 0 atom stereocenters. The van der Waals surface area contributed by atoms with Gasteiger partial charge in [-0.05, 0) is 43.3 Å². The smallest absolute Gasteiger partial charge is 0.0451 e. The molecule has 0 bridgehead atoms. The molecule has 3 N–H and O–H groups in total. The van der Waals surface area contributed by atoms with E-state index in [9.17, 15) is 0 Å². The maximum Gasteiger partial charge on any atom is 0.0451 e. The molecule has 78 valence electrons. The lowest BCUT2D eigenvalue weighted by atomic mass is 10.2. The number of hydrogen-bond donors (Lipinski definition) is 2. The van der Waals surface area contributed by atoms with E-state index in [0.29, 0.717) is 11.6 Å². The fourth-order valence-electron chi connectivity index (χ4n) is 1.13. The second kappa shape index (κ2) is 6.25. The molecule has 0 aliphatic heterocycles. The van der Waals surface area contributed by atoms with Crippen LogP contribution in [0, 0.1) is 0 Å². The molecule has 0 aliphatic rings. The van der Waals surface area contributed by atoms with Crippen LogP contribution in [0.1, 0.15) is 12.0 Å². The summed E-state index contributed by atoms with van der Waals surface area (Å²) in [6, 6.07) is 5.47. The lowest BCUT2D eigenvalue weighted by molar-refractivity contribution is 0.655. The highest BCUT2D eigenvalue weighted by molar-refractivity contribution is 6.33. The van der Waals surface area contributed by atoms with Crippen LogP contribution >= 0.6 is 23.2 Å². The monoisotopic (exact) mass is 232 g/mol. The molecule has 1 rings (SSSR count). The topological polar surface area (TPSA) is 38.0 Å². The molecule has 0 fully saturated rings. The van der Waals surface area contributed by atoms with E-state index in [0.717, 1.165) is 30.1 Å². The molecular weight excluding hydrogens is 219 g/mol. The largest absolute Gasteiger partial charge is 0.330 e. The van der Waals surface area contributed by atoms with E-state index in [4.69, 9.17) is 28.9 Å². The lowest BCUT2D eigenvalue weighted by Crippen LogP contribution is -2.17. The van der Waals surface area contributed by atoms with Gasteiger partial charge in [0.1, 0.15) is 0 Å². The van der Waals surface area contributed by atoms with Gasteiger partial charge in [0.25, 0.3) is 0 Å². The SMILES string of the molecule is NCCCNCc1cc(Cl)ccc1Cl. The van der Waals surface area contributed by atoms with Gasteiger partial charge in [-0.3, -0.25) is 0 Å². The highest BCUT2D eigenvalue weighted by Gasteiger charge is 2.00. The fraction of sp³-hybridized carbons (Fsp3) is 0.400. The second-order valence-electron chi connectivity index (χ2n) is 3.05. The zero-order chi connectivity index (χ0) is 10.4. The number of benzene rings is 1. The summed E-state index contributed by atoms with van der Waals surface area (Å²) < 4.78 is 0. The van der Waals surface area contributed by atoms with Gasteiger partial charge in [-0.2, -0.15) is 0 Å². The molecule has 0 amide bonds. The maximum absolute atomic E-state index is 5.99. The van der Waals surface area contributed by atoms with E-state index in [2.05, 4.69) is 5.32 Å². The number of rotatable bonds is 5. The van der Waals surface area contributed by atoms with Gasteiger partial charge in [0.2, 0.25) is 0 Å². The molecule has 0 unspecified atom stereocenters. The first kappa shape index (κ1) is 11.8. The third kappa shape index (κ3) is 3.84. The minimum atomic E-state index is 0.705. The van der Waals surface area contributed by atoms with Crippen molar-refractivity contribution in [1.82, 2.24) is 5.32 Å². The van der Waals surface area contributed by atoms with Crippen LogP contribution in [0.15, 0.2) is 18.2 Å². The Kier molecular flexibility index (Phi) is 5.26. The standard InChI is InChI=1S/C10H14Cl2N2/c11-9-2-3-10(12)8(6-9)7-14-5-1-4-13/h2-3,6,14H,1,4-5,7,13H2. The Hall–Kier alpha value is -0.280. The summed E-state index contributed by atoms with van der Waals surface area (Å²) in [5, 5.41) is 4.71. The van der Waals surface area contributed by atoms with Crippen molar-refractivity contribution in [1.29, 1.82) is 0 Å². The summed E-state index contributed by atoms with van der Waals surface area (Å²) in [7, 11) is 0. The van der Waals surface area contributed by atoms with Gasteiger partial charge in [0, 0.05) is 16.6 Å². The molecule has 14 heavy (non-hydrogen) atoms. The molecule has 0 heterocycles. The van der Waals surface area contributed by atoms with Crippen molar-refractivity contribution in [3.8, 4) is 0 Å². The van der Waals surface area contributed by atoms with Crippen LogP contribution in [0.3, 0.4) is 0 Å². The zero-order valence-corrected chi connectivity index (χ0v) is 9.41. The van der Waals surface area contributed by atoms with Crippen LogP contribution in [0.2, 0.25) is 10.0 Å². The van der Waals surface area contributed by atoms with Crippen molar-refractivity contribution in [2.24, 2.45) is 5.73 Å². The molecule has 0 radical (unpaired) electrons. The van der Waals surface area contributed by atoms with E-state index in [1.54, 1.807) is 6.07 Å². The van der Waals surface area contributed by atoms with E-state index in [-0.39, 0.29) is 0 Å². The average Bonchev–Trinajstić information content (AvgIpc) is 2.18. The van der Waals surface area contributed by atoms with Gasteiger partial charge in [-0.25, -0.2) is 0 Å². The predicted molar refractivity (Wildman–Crippen MR) is 61.8 cm³/mol. The van der Waals surface area contributed by atoms with Gasteiger partial charge < -0.3 is 11.1 Å². The fourth-order valence-corrected chi connectivity index (χ4v) is 1.51. The van der Waals surface area contributed by atoms with E-state index < -0.39 is 0 Å². The van der Waals surface area contributed by atoms with Crippen LogP contribution in [0.5, 0.6) is 0 Å². The highest BCUT2D eigenvalue weighted by atomic mass is 35.5. The average molecular weight is 233 g/mol. The normalized spacial score (nSPS) is 10.5. The summed E-state index contributed by atoms with van der Waals surface area (Å²) in [6.45, 7) is 2.34. The lowest BCUT2D eigenvalue weighted by Gasteiger charge is -2.06. The third-order valence-electron chi connectivity index (χ3n) is 1.88. The number of nitrogens with one attached hydrogen (secondary N) is 1. The second-order valence-corrected chi connectivity index (χ2v) is 3.90. The van der Waals surface area contributed by atoms with Crippen LogP contribution in [-0.2, 0) is 6.54 Å². The summed E-state index contributed by atoms with van der Waals surface area (Å²) in [5.41, 5.74) is 6.40. The van der Waals surface area contributed by atoms with Crippen LogP contribution in [0.4, 0.5) is 0 Å². The Morgan fingerprint density at radius 1 is 1.29 bits per heavy atom. The Bertz CT molecular complexity index is 289. The molecular formula is C10H14Cl2N2. The third-order valence-corrected chi connectivity index (χ3v) is 2.48. The van der Waals surface area contributed by atoms with E-state index >= 15 is 0 Å². The zero-order valence-electron chi connectivity index (χ0n) is 7.89. The maximum atomic E-state index is 5.99. The van der Waals surface area contributed by atoms with E-state index in [1.807, 2.05) is 12.1 Å².